The first-order valence-corrected chi connectivity index (χ1v) is 7.31. The molecule has 0 aromatic carbocycles. The zero-order chi connectivity index (χ0) is 14.4. The Balaban J connectivity index is 1.81. The van der Waals surface area contributed by atoms with Crippen LogP contribution in [0.25, 0.3) is 0 Å². The van der Waals surface area contributed by atoms with Gasteiger partial charge in [0.2, 0.25) is 0 Å². The van der Waals surface area contributed by atoms with Crippen LogP contribution in [0.1, 0.15) is 29.8 Å². The number of pyridine rings is 1. The van der Waals surface area contributed by atoms with E-state index in [2.05, 4.69) is 20.1 Å². The van der Waals surface area contributed by atoms with Crippen LogP contribution in [-0.4, -0.2) is 56.1 Å². The highest BCUT2D eigenvalue weighted by molar-refractivity contribution is 5.92. The van der Waals surface area contributed by atoms with E-state index in [0.717, 1.165) is 31.7 Å². The Hall–Kier alpha value is -1.62. The fraction of sp³-hybridized carbons (Fsp3) is 0.600. The zero-order valence-corrected chi connectivity index (χ0v) is 12.4. The lowest BCUT2D eigenvalue weighted by Gasteiger charge is -2.17. The Morgan fingerprint density at radius 3 is 2.70 bits per heavy atom. The van der Waals surface area contributed by atoms with Crippen molar-refractivity contribution in [2.75, 3.05) is 45.2 Å². The number of rotatable bonds is 6. The van der Waals surface area contributed by atoms with Crippen LogP contribution in [-0.2, 0) is 0 Å². The van der Waals surface area contributed by atoms with Gasteiger partial charge < -0.3 is 15.1 Å². The Labute approximate surface area is 121 Å². The number of anilines is 1. The van der Waals surface area contributed by atoms with Crippen molar-refractivity contribution in [3.8, 4) is 0 Å². The molecule has 0 unspecified atom stereocenters. The van der Waals surface area contributed by atoms with Crippen molar-refractivity contribution in [3.63, 3.8) is 0 Å². The molecule has 0 radical (unpaired) electrons. The Morgan fingerprint density at radius 2 is 2.10 bits per heavy atom. The van der Waals surface area contributed by atoms with E-state index >= 15 is 0 Å². The Bertz CT molecular complexity index is 424. The number of nitrogens with one attached hydrogen (secondary N) is 1. The van der Waals surface area contributed by atoms with Crippen molar-refractivity contribution in [1.82, 2.24) is 15.2 Å². The van der Waals surface area contributed by atoms with E-state index < -0.39 is 0 Å². The summed E-state index contributed by atoms with van der Waals surface area (Å²) in [6, 6.07) is 3.81. The molecule has 2 heterocycles. The van der Waals surface area contributed by atoms with Crippen LogP contribution in [0, 0.1) is 0 Å². The third kappa shape index (κ3) is 4.20. The summed E-state index contributed by atoms with van der Waals surface area (Å²) < 4.78 is 0. The van der Waals surface area contributed by atoms with Crippen LogP contribution < -0.4 is 10.2 Å². The van der Waals surface area contributed by atoms with Crippen LogP contribution in [0.2, 0.25) is 0 Å². The van der Waals surface area contributed by atoms with Gasteiger partial charge in [0, 0.05) is 19.6 Å². The fourth-order valence-corrected chi connectivity index (χ4v) is 2.37. The van der Waals surface area contributed by atoms with Crippen LogP contribution >= 0.6 is 0 Å². The second-order valence-corrected chi connectivity index (χ2v) is 5.51. The molecule has 1 aromatic heterocycles. The second-order valence-electron chi connectivity index (χ2n) is 5.51. The highest BCUT2D eigenvalue weighted by Crippen LogP contribution is 2.18. The van der Waals surface area contributed by atoms with Crippen LogP contribution in [0.15, 0.2) is 18.3 Å². The van der Waals surface area contributed by atoms with Crippen molar-refractivity contribution in [2.24, 2.45) is 0 Å². The molecule has 0 spiro atoms. The largest absolute Gasteiger partial charge is 0.370 e. The molecule has 1 aromatic rings. The Morgan fingerprint density at radius 1 is 1.35 bits per heavy atom. The SMILES string of the molecule is CN(C)CCCNC(=O)c1ccc(N2CCCC2)cn1. The number of carbonyl (C=O) groups is 1. The zero-order valence-electron chi connectivity index (χ0n) is 12.4. The van der Waals surface area contributed by atoms with Crippen LogP contribution in [0.5, 0.6) is 0 Å². The molecule has 1 aliphatic heterocycles. The first-order chi connectivity index (χ1) is 9.66. The molecule has 1 N–H and O–H groups in total. The minimum atomic E-state index is -0.0864. The predicted octanol–water partition coefficient (Wildman–Crippen LogP) is 1.36. The highest BCUT2D eigenvalue weighted by atomic mass is 16.1. The smallest absolute Gasteiger partial charge is 0.269 e. The molecule has 1 saturated heterocycles. The molecular weight excluding hydrogens is 252 g/mol. The molecule has 20 heavy (non-hydrogen) atoms. The van der Waals surface area contributed by atoms with Crippen molar-refractivity contribution >= 4 is 11.6 Å². The molecule has 5 nitrogen and oxygen atoms in total. The molecule has 5 heteroatoms. The predicted molar refractivity (Wildman–Crippen MR) is 81.2 cm³/mol. The summed E-state index contributed by atoms with van der Waals surface area (Å²) in [5, 5.41) is 2.90. The van der Waals surface area contributed by atoms with Gasteiger partial charge in [0.25, 0.3) is 5.91 Å². The average molecular weight is 276 g/mol. The van der Waals surface area contributed by atoms with Gasteiger partial charge in [0.05, 0.1) is 11.9 Å². The number of amides is 1. The molecule has 0 atom stereocenters. The summed E-state index contributed by atoms with van der Waals surface area (Å²) in [6.07, 6.45) is 5.24. The van der Waals surface area contributed by atoms with Gasteiger partial charge in [-0.05, 0) is 52.0 Å². The van der Waals surface area contributed by atoms with Gasteiger partial charge in [-0.25, -0.2) is 4.98 Å². The minimum Gasteiger partial charge on any atom is -0.370 e. The van der Waals surface area contributed by atoms with E-state index in [9.17, 15) is 4.79 Å². The van der Waals surface area contributed by atoms with Crippen molar-refractivity contribution in [2.45, 2.75) is 19.3 Å². The number of nitrogens with zero attached hydrogens (tertiary/aromatic N) is 3. The molecule has 1 fully saturated rings. The third-order valence-electron chi connectivity index (χ3n) is 3.52. The summed E-state index contributed by atoms with van der Waals surface area (Å²) in [5.74, 6) is -0.0864. The molecular formula is C15H24N4O. The number of hydrogen-bond donors (Lipinski definition) is 1. The molecule has 0 bridgehead atoms. The van der Waals surface area contributed by atoms with E-state index in [-0.39, 0.29) is 5.91 Å². The molecule has 0 aliphatic carbocycles. The summed E-state index contributed by atoms with van der Waals surface area (Å²) in [4.78, 5) is 20.6. The summed E-state index contributed by atoms with van der Waals surface area (Å²) in [7, 11) is 4.06. The minimum absolute atomic E-state index is 0.0864. The first kappa shape index (κ1) is 14.8. The number of hydrogen-bond acceptors (Lipinski definition) is 4. The second kappa shape index (κ2) is 7.24. The van der Waals surface area contributed by atoms with Crippen molar-refractivity contribution in [1.29, 1.82) is 0 Å². The van der Waals surface area contributed by atoms with Gasteiger partial charge in [-0.2, -0.15) is 0 Å². The van der Waals surface area contributed by atoms with Crippen LogP contribution in [0.3, 0.4) is 0 Å². The van der Waals surface area contributed by atoms with Gasteiger partial charge in [0.1, 0.15) is 5.69 Å². The van der Waals surface area contributed by atoms with E-state index in [0.29, 0.717) is 12.2 Å². The van der Waals surface area contributed by atoms with Crippen molar-refractivity contribution in [3.05, 3.63) is 24.0 Å². The van der Waals surface area contributed by atoms with Gasteiger partial charge in [-0.1, -0.05) is 0 Å². The maximum Gasteiger partial charge on any atom is 0.269 e. The molecule has 1 aliphatic rings. The van der Waals surface area contributed by atoms with Crippen molar-refractivity contribution < 1.29 is 4.79 Å². The Kier molecular flexibility index (Phi) is 5.35. The van der Waals surface area contributed by atoms with Crippen LogP contribution in [0.4, 0.5) is 5.69 Å². The average Bonchev–Trinajstić information content (AvgIpc) is 2.97. The molecule has 0 saturated carbocycles. The number of aromatic nitrogens is 1. The lowest BCUT2D eigenvalue weighted by Crippen LogP contribution is -2.28. The molecule has 1 amide bonds. The van der Waals surface area contributed by atoms with Gasteiger partial charge >= 0.3 is 0 Å². The molecule has 2 rings (SSSR count). The molecule has 110 valence electrons. The topological polar surface area (TPSA) is 48.5 Å². The lowest BCUT2D eigenvalue weighted by atomic mass is 10.3. The van der Waals surface area contributed by atoms with E-state index in [1.165, 1.54) is 12.8 Å². The van der Waals surface area contributed by atoms with Gasteiger partial charge in [-0.3, -0.25) is 4.79 Å². The number of carbonyl (C=O) groups excluding carboxylic acids is 1. The van der Waals surface area contributed by atoms with E-state index in [1.807, 2.05) is 26.2 Å². The van der Waals surface area contributed by atoms with Gasteiger partial charge in [0.15, 0.2) is 0 Å². The van der Waals surface area contributed by atoms with Gasteiger partial charge in [-0.15, -0.1) is 0 Å². The fourth-order valence-electron chi connectivity index (χ4n) is 2.37. The normalized spacial score (nSPS) is 14.8. The third-order valence-corrected chi connectivity index (χ3v) is 3.52. The summed E-state index contributed by atoms with van der Waals surface area (Å²) in [6.45, 7) is 3.85. The monoisotopic (exact) mass is 276 g/mol. The quantitative estimate of drug-likeness (QED) is 0.797. The lowest BCUT2D eigenvalue weighted by molar-refractivity contribution is 0.0947. The highest BCUT2D eigenvalue weighted by Gasteiger charge is 2.13. The summed E-state index contributed by atoms with van der Waals surface area (Å²) in [5.41, 5.74) is 1.62. The summed E-state index contributed by atoms with van der Waals surface area (Å²) >= 11 is 0. The maximum atomic E-state index is 11.9. The maximum absolute atomic E-state index is 11.9. The van der Waals surface area contributed by atoms with E-state index in [1.54, 1.807) is 6.20 Å². The van der Waals surface area contributed by atoms with E-state index in [4.69, 9.17) is 0 Å². The first-order valence-electron chi connectivity index (χ1n) is 7.31. The standard InChI is InChI=1S/C15H24N4O/c1-18(2)9-5-8-16-15(20)14-7-6-13(12-17-14)19-10-3-4-11-19/h6-7,12H,3-5,8-11H2,1-2H3,(H,16,20).